The van der Waals surface area contributed by atoms with E-state index < -0.39 is 5.60 Å². The molecule has 0 atom stereocenters. The topological polar surface area (TPSA) is 64.3 Å². The van der Waals surface area contributed by atoms with Crippen LogP contribution >= 0.6 is 0 Å². The Morgan fingerprint density at radius 1 is 1.39 bits per heavy atom. The van der Waals surface area contributed by atoms with Gasteiger partial charge in [-0.3, -0.25) is 4.79 Å². The molecule has 0 unspecified atom stereocenters. The molecule has 0 aliphatic rings. The molecule has 3 N–H and O–H groups in total. The van der Waals surface area contributed by atoms with E-state index in [1.54, 1.807) is 13.2 Å². The van der Waals surface area contributed by atoms with Crippen LogP contribution in [0, 0.1) is 13.8 Å². The summed E-state index contributed by atoms with van der Waals surface area (Å²) in [6.45, 7) is 7.68. The SMILES string of the molecule is COC(C)(C)CC(=O)Nc1c(N)ccc(C)c1C. The third kappa shape index (κ3) is 3.47. The zero-order valence-electron chi connectivity index (χ0n) is 11.8. The second-order valence-corrected chi connectivity index (χ2v) is 5.16. The number of nitrogens with one attached hydrogen (secondary N) is 1. The number of carbonyl (C=O) groups is 1. The summed E-state index contributed by atoms with van der Waals surface area (Å²) in [5.74, 6) is -0.0951. The lowest BCUT2D eigenvalue weighted by molar-refractivity contribution is -0.121. The molecule has 0 aliphatic carbocycles. The van der Waals surface area contributed by atoms with E-state index in [-0.39, 0.29) is 12.3 Å². The average molecular weight is 250 g/mol. The van der Waals surface area contributed by atoms with Gasteiger partial charge in [0.2, 0.25) is 5.91 Å². The van der Waals surface area contributed by atoms with E-state index in [0.717, 1.165) is 11.1 Å². The molecule has 0 bridgehead atoms. The zero-order valence-corrected chi connectivity index (χ0v) is 11.8. The molecule has 0 fully saturated rings. The first kappa shape index (κ1) is 14.5. The van der Waals surface area contributed by atoms with Crippen LogP contribution in [0.5, 0.6) is 0 Å². The van der Waals surface area contributed by atoms with Crippen molar-refractivity contribution in [2.45, 2.75) is 39.7 Å². The van der Waals surface area contributed by atoms with E-state index >= 15 is 0 Å². The predicted molar refractivity (Wildman–Crippen MR) is 74.7 cm³/mol. The second-order valence-electron chi connectivity index (χ2n) is 5.16. The van der Waals surface area contributed by atoms with Gasteiger partial charge in [0.1, 0.15) is 0 Å². The Kier molecular flexibility index (Phi) is 4.35. The lowest BCUT2D eigenvalue weighted by Gasteiger charge is -2.22. The molecule has 1 aromatic carbocycles. The van der Waals surface area contributed by atoms with Gasteiger partial charge in [0.05, 0.1) is 23.4 Å². The van der Waals surface area contributed by atoms with Crippen LogP contribution in [0.15, 0.2) is 12.1 Å². The summed E-state index contributed by atoms with van der Waals surface area (Å²) < 4.78 is 5.24. The molecule has 0 aliphatic heterocycles. The number of ether oxygens (including phenoxy) is 1. The Morgan fingerprint density at radius 2 is 2.00 bits per heavy atom. The molecule has 0 saturated heterocycles. The fraction of sp³-hybridized carbons (Fsp3) is 0.500. The molecule has 0 heterocycles. The maximum atomic E-state index is 12.0. The molecular weight excluding hydrogens is 228 g/mol. The van der Waals surface area contributed by atoms with Crippen LogP contribution in [0.2, 0.25) is 0 Å². The van der Waals surface area contributed by atoms with E-state index in [9.17, 15) is 4.79 Å². The summed E-state index contributed by atoms with van der Waals surface area (Å²) in [4.78, 5) is 12.0. The fourth-order valence-corrected chi connectivity index (χ4v) is 1.65. The van der Waals surface area contributed by atoms with Crippen molar-refractivity contribution in [3.8, 4) is 0 Å². The number of nitrogens with two attached hydrogens (primary N) is 1. The van der Waals surface area contributed by atoms with Crippen molar-refractivity contribution in [3.05, 3.63) is 23.3 Å². The van der Waals surface area contributed by atoms with Crippen LogP contribution in [0.4, 0.5) is 11.4 Å². The minimum absolute atomic E-state index is 0.0951. The fourth-order valence-electron chi connectivity index (χ4n) is 1.65. The number of anilines is 2. The van der Waals surface area contributed by atoms with E-state index in [1.165, 1.54) is 0 Å². The highest BCUT2D eigenvalue weighted by Crippen LogP contribution is 2.26. The molecule has 0 saturated carbocycles. The van der Waals surface area contributed by atoms with Gasteiger partial charge in [-0.2, -0.15) is 0 Å². The predicted octanol–water partition coefficient (Wildman–Crippen LogP) is 2.64. The van der Waals surface area contributed by atoms with Gasteiger partial charge in [-0.1, -0.05) is 6.07 Å². The highest BCUT2D eigenvalue weighted by molar-refractivity contribution is 5.95. The number of hydrogen-bond donors (Lipinski definition) is 2. The normalized spacial score (nSPS) is 11.4. The molecule has 1 amide bonds. The minimum Gasteiger partial charge on any atom is -0.397 e. The van der Waals surface area contributed by atoms with Crippen LogP contribution in [0.1, 0.15) is 31.4 Å². The van der Waals surface area contributed by atoms with Gasteiger partial charge in [-0.15, -0.1) is 0 Å². The van der Waals surface area contributed by atoms with Gasteiger partial charge < -0.3 is 15.8 Å². The Bertz CT molecular complexity index is 453. The van der Waals surface area contributed by atoms with Crippen LogP contribution < -0.4 is 11.1 Å². The first-order chi connectivity index (χ1) is 8.26. The first-order valence-corrected chi connectivity index (χ1v) is 5.97. The Labute approximate surface area is 109 Å². The number of benzene rings is 1. The quantitative estimate of drug-likeness (QED) is 0.807. The molecule has 0 aromatic heterocycles. The minimum atomic E-state index is -0.476. The van der Waals surface area contributed by atoms with Crippen molar-refractivity contribution in [1.82, 2.24) is 0 Å². The van der Waals surface area contributed by atoms with E-state index in [2.05, 4.69) is 5.32 Å². The molecule has 4 heteroatoms. The second kappa shape index (κ2) is 5.40. The van der Waals surface area contributed by atoms with E-state index in [4.69, 9.17) is 10.5 Å². The number of carbonyl (C=O) groups excluding carboxylic acids is 1. The molecule has 0 radical (unpaired) electrons. The van der Waals surface area contributed by atoms with Gasteiger partial charge in [-0.05, 0) is 44.9 Å². The molecular formula is C14H22N2O2. The lowest BCUT2D eigenvalue weighted by Crippen LogP contribution is -2.29. The maximum Gasteiger partial charge on any atom is 0.227 e. The molecule has 0 spiro atoms. The summed E-state index contributed by atoms with van der Waals surface area (Å²) in [7, 11) is 1.60. The monoisotopic (exact) mass is 250 g/mol. The third-order valence-electron chi connectivity index (χ3n) is 3.17. The van der Waals surface area contributed by atoms with Crippen molar-refractivity contribution in [3.63, 3.8) is 0 Å². The van der Waals surface area contributed by atoms with Crippen molar-refractivity contribution < 1.29 is 9.53 Å². The number of nitrogen functional groups attached to an aromatic ring is 1. The molecule has 4 nitrogen and oxygen atoms in total. The van der Waals surface area contributed by atoms with Crippen molar-refractivity contribution in [2.24, 2.45) is 0 Å². The summed E-state index contributed by atoms with van der Waals surface area (Å²) in [5.41, 5.74) is 8.80. The Balaban J connectivity index is 2.86. The lowest BCUT2D eigenvalue weighted by atomic mass is 10.0. The average Bonchev–Trinajstić information content (AvgIpc) is 2.29. The molecule has 1 rings (SSSR count). The molecule has 18 heavy (non-hydrogen) atoms. The molecule has 100 valence electrons. The Hall–Kier alpha value is -1.55. The number of rotatable bonds is 4. The third-order valence-corrected chi connectivity index (χ3v) is 3.17. The van der Waals surface area contributed by atoms with Gasteiger partial charge in [0.15, 0.2) is 0 Å². The van der Waals surface area contributed by atoms with Gasteiger partial charge >= 0.3 is 0 Å². The molecule has 1 aromatic rings. The highest BCUT2D eigenvalue weighted by Gasteiger charge is 2.21. The van der Waals surface area contributed by atoms with Crippen LogP contribution in [0.25, 0.3) is 0 Å². The Morgan fingerprint density at radius 3 is 2.56 bits per heavy atom. The smallest absolute Gasteiger partial charge is 0.227 e. The summed E-state index contributed by atoms with van der Waals surface area (Å²) in [6.07, 6.45) is 0.288. The summed E-state index contributed by atoms with van der Waals surface area (Å²) >= 11 is 0. The van der Waals surface area contributed by atoms with Crippen LogP contribution in [-0.4, -0.2) is 18.6 Å². The standard InChI is InChI=1S/C14H22N2O2/c1-9-6-7-11(15)13(10(9)2)16-12(17)8-14(3,4)18-5/h6-7H,8,15H2,1-5H3,(H,16,17). The maximum absolute atomic E-state index is 12.0. The van der Waals surface area contributed by atoms with E-state index in [1.807, 2.05) is 33.8 Å². The summed E-state index contributed by atoms with van der Waals surface area (Å²) in [5, 5.41) is 2.87. The van der Waals surface area contributed by atoms with Crippen molar-refractivity contribution in [1.29, 1.82) is 0 Å². The number of aryl methyl sites for hydroxylation is 1. The van der Waals surface area contributed by atoms with Crippen molar-refractivity contribution >= 4 is 17.3 Å². The van der Waals surface area contributed by atoms with Crippen LogP contribution in [0.3, 0.4) is 0 Å². The van der Waals surface area contributed by atoms with Gasteiger partial charge in [-0.25, -0.2) is 0 Å². The first-order valence-electron chi connectivity index (χ1n) is 5.97. The van der Waals surface area contributed by atoms with Gasteiger partial charge in [0.25, 0.3) is 0 Å². The van der Waals surface area contributed by atoms with E-state index in [0.29, 0.717) is 11.4 Å². The van der Waals surface area contributed by atoms with Crippen LogP contribution in [-0.2, 0) is 9.53 Å². The number of hydrogen-bond acceptors (Lipinski definition) is 3. The highest BCUT2D eigenvalue weighted by atomic mass is 16.5. The van der Waals surface area contributed by atoms with Gasteiger partial charge in [0, 0.05) is 7.11 Å². The summed E-state index contributed by atoms with van der Waals surface area (Å²) in [6, 6.07) is 3.75. The largest absolute Gasteiger partial charge is 0.397 e. The zero-order chi connectivity index (χ0) is 13.9. The number of methoxy groups -OCH3 is 1. The number of amides is 1. The van der Waals surface area contributed by atoms with Crippen molar-refractivity contribution in [2.75, 3.05) is 18.2 Å².